The number of hydrogen-bond donors (Lipinski definition) is 1. The molecule has 1 aromatic carbocycles. The Morgan fingerprint density at radius 3 is 2.50 bits per heavy atom. The third-order valence-electron chi connectivity index (χ3n) is 7.22. The van der Waals surface area contributed by atoms with E-state index in [1.807, 2.05) is 19.1 Å². The number of hydrogen-bond acceptors (Lipinski definition) is 3. The van der Waals surface area contributed by atoms with Gasteiger partial charge in [0.05, 0.1) is 16.8 Å². The molecule has 2 fully saturated rings. The number of carbonyl (C=O) groups is 1. The molecule has 4 rings (SSSR count). The molecular weight excluding hydrogens is 439 g/mol. The molecule has 1 N–H and O–H groups in total. The average molecular weight is 474 g/mol. The number of rotatable bonds is 6. The molecule has 1 amide bonds. The summed E-state index contributed by atoms with van der Waals surface area (Å²) < 4.78 is 39.1. The van der Waals surface area contributed by atoms with Gasteiger partial charge in [-0.15, -0.1) is 0 Å². The van der Waals surface area contributed by atoms with E-state index in [2.05, 4.69) is 10.2 Å². The van der Waals surface area contributed by atoms with Crippen LogP contribution in [0.25, 0.3) is 0 Å². The van der Waals surface area contributed by atoms with E-state index in [-0.39, 0.29) is 11.8 Å². The van der Waals surface area contributed by atoms with Gasteiger partial charge in [0, 0.05) is 24.7 Å². The number of nitrogens with zero attached hydrogens (tertiary/aromatic N) is 2. The average Bonchev–Trinajstić information content (AvgIpc) is 2.83. The Balaban J connectivity index is 1.37. The maximum atomic E-state index is 13.0. The van der Waals surface area contributed by atoms with E-state index < -0.39 is 11.7 Å². The maximum Gasteiger partial charge on any atom is 0.416 e. The van der Waals surface area contributed by atoms with Crippen LogP contribution in [0.2, 0.25) is 0 Å². The second-order valence-corrected chi connectivity index (χ2v) is 9.85. The van der Waals surface area contributed by atoms with Gasteiger partial charge in [-0.1, -0.05) is 37.5 Å². The Labute approximate surface area is 200 Å². The largest absolute Gasteiger partial charge is 0.416 e. The lowest BCUT2D eigenvalue weighted by Crippen LogP contribution is -2.35. The van der Waals surface area contributed by atoms with Gasteiger partial charge in [0.15, 0.2) is 0 Å². The zero-order valence-corrected chi connectivity index (χ0v) is 19.8. The Morgan fingerprint density at radius 2 is 1.79 bits per heavy atom. The normalized spacial score (nSPS) is 18.7. The minimum Gasteiger partial charge on any atom is -0.352 e. The van der Waals surface area contributed by atoms with Crippen LogP contribution in [0.15, 0.2) is 36.4 Å². The van der Waals surface area contributed by atoms with Crippen molar-refractivity contribution in [2.24, 2.45) is 5.92 Å². The van der Waals surface area contributed by atoms with E-state index in [4.69, 9.17) is 4.98 Å². The van der Waals surface area contributed by atoms with Crippen molar-refractivity contribution in [1.82, 2.24) is 15.2 Å². The second kappa shape index (κ2) is 10.9. The molecular formula is C27H34F3N3O. The number of benzene rings is 1. The predicted molar refractivity (Wildman–Crippen MR) is 127 cm³/mol. The van der Waals surface area contributed by atoms with E-state index in [1.165, 1.54) is 44.2 Å². The third-order valence-corrected chi connectivity index (χ3v) is 7.22. The summed E-state index contributed by atoms with van der Waals surface area (Å²) in [5.74, 6) is 0.700. The van der Waals surface area contributed by atoms with Crippen LogP contribution in [0.5, 0.6) is 0 Å². The van der Waals surface area contributed by atoms with Gasteiger partial charge in [-0.05, 0) is 75.4 Å². The van der Waals surface area contributed by atoms with Crippen LogP contribution in [-0.4, -0.2) is 35.4 Å². The molecule has 0 bridgehead atoms. The summed E-state index contributed by atoms with van der Waals surface area (Å²) in [4.78, 5) is 20.0. The van der Waals surface area contributed by atoms with Crippen molar-refractivity contribution in [3.63, 3.8) is 0 Å². The highest BCUT2D eigenvalue weighted by atomic mass is 19.4. The van der Waals surface area contributed by atoms with Gasteiger partial charge >= 0.3 is 6.18 Å². The summed E-state index contributed by atoms with van der Waals surface area (Å²) >= 11 is 0. The van der Waals surface area contributed by atoms with Gasteiger partial charge in [-0.25, -0.2) is 0 Å². The smallest absolute Gasteiger partial charge is 0.352 e. The molecule has 1 saturated heterocycles. The number of aromatic nitrogens is 1. The van der Waals surface area contributed by atoms with Crippen LogP contribution < -0.4 is 5.32 Å². The third kappa shape index (κ3) is 6.38. The molecule has 1 aromatic heterocycles. The SMILES string of the molecule is Cc1ccc(C(=O)NCC2CCCCC2)c(C2CCN(Cc3cccc(C(F)(F)F)c3)CC2)n1. The molecule has 1 saturated carbocycles. The number of aryl methyl sites for hydroxylation is 1. The molecule has 0 radical (unpaired) electrons. The highest BCUT2D eigenvalue weighted by Gasteiger charge is 2.31. The number of alkyl halides is 3. The molecule has 1 aliphatic carbocycles. The molecule has 0 spiro atoms. The number of likely N-dealkylation sites (tertiary alicyclic amines) is 1. The number of nitrogens with one attached hydrogen (secondary N) is 1. The summed E-state index contributed by atoms with van der Waals surface area (Å²) in [5, 5.41) is 3.15. The summed E-state index contributed by atoms with van der Waals surface area (Å²) in [5.41, 5.74) is 2.49. The van der Waals surface area contributed by atoms with Crippen molar-refractivity contribution < 1.29 is 18.0 Å². The van der Waals surface area contributed by atoms with Gasteiger partial charge < -0.3 is 5.32 Å². The van der Waals surface area contributed by atoms with Crippen LogP contribution in [0.1, 0.15) is 83.7 Å². The second-order valence-electron chi connectivity index (χ2n) is 9.85. The van der Waals surface area contributed by atoms with Gasteiger partial charge in [-0.2, -0.15) is 13.2 Å². The first kappa shape index (κ1) is 24.7. The molecule has 34 heavy (non-hydrogen) atoms. The minimum absolute atomic E-state index is 0.0422. The van der Waals surface area contributed by atoms with Crippen LogP contribution in [0, 0.1) is 12.8 Å². The molecule has 0 unspecified atom stereocenters. The number of amides is 1. The topological polar surface area (TPSA) is 45.2 Å². The summed E-state index contributed by atoms with van der Waals surface area (Å²) in [6, 6.07) is 9.35. The van der Waals surface area contributed by atoms with Crippen molar-refractivity contribution in [3.8, 4) is 0 Å². The Kier molecular flexibility index (Phi) is 7.91. The Hall–Kier alpha value is -2.41. The summed E-state index contributed by atoms with van der Waals surface area (Å²) in [6.07, 6.45) is 3.49. The number of carbonyl (C=O) groups excluding carboxylic acids is 1. The predicted octanol–water partition coefficient (Wildman–Crippen LogP) is 6.10. The molecule has 7 heteroatoms. The van der Waals surface area contributed by atoms with Gasteiger partial charge in [0.2, 0.25) is 0 Å². The van der Waals surface area contributed by atoms with Crippen LogP contribution in [0.4, 0.5) is 13.2 Å². The first-order valence-electron chi connectivity index (χ1n) is 12.4. The standard InChI is InChI=1S/C27H34F3N3O/c1-19-10-11-24(26(34)31-17-20-6-3-2-4-7-20)25(32-19)22-12-14-33(15-13-22)18-21-8-5-9-23(16-21)27(28,29)30/h5,8-11,16,20,22H,2-4,6-7,12-15,17-18H2,1H3,(H,31,34). The quantitative estimate of drug-likeness (QED) is 0.552. The lowest BCUT2D eigenvalue weighted by molar-refractivity contribution is -0.137. The van der Waals surface area contributed by atoms with Crippen LogP contribution in [0.3, 0.4) is 0 Å². The zero-order valence-electron chi connectivity index (χ0n) is 19.8. The Morgan fingerprint density at radius 1 is 1.06 bits per heavy atom. The van der Waals surface area contributed by atoms with Gasteiger partial charge in [0.25, 0.3) is 5.91 Å². The van der Waals surface area contributed by atoms with Crippen molar-refractivity contribution >= 4 is 5.91 Å². The molecule has 4 nitrogen and oxygen atoms in total. The first-order chi connectivity index (χ1) is 16.3. The lowest BCUT2D eigenvalue weighted by Gasteiger charge is -2.32. The van der Waals surface area contributed by atoms with Crippen LogP contribution >= 0.6 is 0 Å². The molecule has 0 atom stereocenters. The minimum atomic E-state index is -4.33. The Bertz CT molecular complexity index is 977. The van der Waals surface area contributed by atoms with Crippen molar-refractivity contribution in [3.05, 3.63) is 64.5 Å². The summed E-state index contributed by atoms with van der Waals surface area (Å²) in [6.45, 7) is 4.68. The lowest BCUT2D eigenvalue weighted by atomic mass is 9.88. The van der Waals surface area contributed by atoms with Crippen molar-refractivity contribution in [2.45, 2.75) is 70.5 Å². The fraction of sp³-hybridized carbons (Fsp3) is 0.556. The van der Waals surface area contributed by atoms with Crippen molar-refractivity contribution in [2.75, 3.05) is 19.6 Å². The number of pyridine rings is 1. The highest BCUT2D eigenvalue weighted by Crippen LogP contribution is 2.32. The van der Waals surface area contributed by atoms with Crippen LogP contribution in [-0.2, 0) is 12.7 Å². The van der Waals surface area contributed by atoms with E-state index in [1.54, 1.807) is 6.07 Å². The molecule has 2 aliphatic rings. The highest BCUT2D eigenvalue weighted by molar-refractivity contribution is 5.95. The maximum absolute atomic E-state index is 13.0. The van der Waals surface area contributed by atoms with E-state index in [0.29, 0.717) is 23.6 Å². The molecule has 1 aliphatic heterocycles. The van der Waals surface area contributed by atoms with E-state index >= 15 is 0 Å². The summed E-state index contributed by atoms with van der Waals surface area (Å²) in [7, 11) is 0. The number of piperidine rings is 1. The fourth-order valence-electron chi connectivity index (χ4n) is 5.27. The molecule has 2 heterocycles. The van der Waals surface area contributed by atoms with E-state index in [9.17, 15) is 18.0 Å². The fourth-order valence-corrected chi connectivity index (χ4v) is 5.27. The zero-order chi connectivity index (χ0) is 24.1. The monoisotopic (exact) mass is 473 g/mol. The van der Waals surface area contributed by atoms with E-state index in [0.717, 1.165) is 49.9 Å². The molecule has 2 aromatic rings. The van der Waals surface area contributed by atoms with Crippen molar-refractivity contribution in [1.29, 1.82) is 0 Å². The van der Waals surface area contributed by atoms with Gasteiger partial charge in [0.1, 0.15) is 0 Å². The van der Waals surface area contributed by atoms with Gasteiger partial charge in [-0.3, -0.25) is 14.7 Å². The number of halogens is 3. The first-order valence-corrected chi connectivity index (χ1v) is 12.4. The molecule has 184 valence electrons.